The van der Waals surface area contributed by atoms with Crippen LogP contribution in [0.1, 0.15) is 13.3 Å². The van der Waals surface area contributed by atoms with Gasteiger partial charge in [0.2, 0.25) is 0 Å². The van der Waals surface area contributed by atoms with Crippen molar-refractivity contribution in [2.24, 2.45) is 0 Å². The molecular formula is C15H24BrNO4. The molecule has 0 radical (unpaired) electrons. The van der Waals surface area contributed by atoms with E-state index >= 15 is 0 Å². The van der Waals surface area contributed by atoms with Gasteiger partial charge in [-0.15, -0.1) is 0 Å². The van der Waals surface area contributed by atoms with E-state index in [4.69, 9.17) is 9.47 Å². The van der Waals surface area contributed by atoms with Crippen molar-refractivity contribution >= 4 is 15.9 Å². The monoisotopic (exact) mass is 361 g/mol. The van der Waals surface area contributed by atoms with Crippen molar-refractivity contribution in [3.8, 4) is 5.75 Å². The molecule has 6 heteroatoms. The van der Waals surface area contributed by atoms with Gasteiger partial charge >= 0.3 is 0 Å². The highest BCUT2D eigenvalue weighted by atomic mass is 79.9. The number of aliphatic hydroxyl groups excluding tert-OH is 1. The van der Waals surface area contributed by atoms with Crippen molar-refractivity contribution in [1.29, 1.82) is 0 Å². The summed E-state index contributed by atoms with van der Waals surface area (Å²) in [4.78, 5) is 0. The Kier molecular flexibility index (Phi) is 8.21. The van der Waals surface area contributed by atoms with Gasteiger partial charge in [0.05, 0.1) is 5.60 Å². The zero-order valence-electron chi connectivity index (χ0n) is 12.5. The van der Waals surface area contributed by atoms with Crippen LogP contribution in [0.25, 0.3) is 0 Å². The molecule has 0 saturated heterocycles. The lowest BCUT2D eigenvalue weighted by Gasteiger charge is -2.24. The lowest BCUT2D eigenvalue weighted by Crippen LogP contribution is -2.42. The summed E-state index contributed by atoms with van der Waals surface area (Å²) in [5.74, 6) is 0.704. The second-order valence-electron chi connectivity index (χ2n) is 5.29. The SMILES string of the molecule is COCCC(C)(O)CNCC(O)COc1cccc(Br)c1. The molecule has 0 heterocycles. The molecule has 0 amide bonds. The van der Waals surface area contributed by atoms with Crippen LogP contribution in [-0.4, -0.2) is 55.3 Å². The smallest absolute Gasteiger partial charge is 0.120 e. The fraction of sp³-hybridized carbons (Fsp3) is 0.600. The molecule has 0 aromatic heterocycles. The van der Waals surface area contributed by atoms with E-state index in [2.05, 4.69) is 21.2 Å². The van der Waals surface area contributed by atoms with E-state index in [0.29, 0.717) is 31.9 Å². The number of nitrogens with one attached hydrogen (secondary N) is 1. The highest BCUT2D eigenvalue weighted by molar-refractivity contribution is 9.10. The molecule has 0 aliphatic heterocycles. The van der Waals surface area contributed by atoms with Gasteiger partial charge in [-0.3, -0.25) is 0 Å². The zero-order chi connectivity index (χ0) is 15.7. The second-order valence-corrected chi connectivity index (χ2v) is 6.21. The maximum absolute atomic E-state index is 10.0. The minimum absolute atomic E-state index is 0.198. The number of benzene rings is 1. The molecule has 0 aliphatic carbocycles. The summed E-state index contributed by atoms with van der Waals surface area (Å²) >= 11 is 3.36. The Balaban J connectivity index is 2.20. The van der Waals surface area contributed by atoms with Crippen LogP contribution in [0.3, 0.4) is 0 Å². The molecule has 0 bridgehead atoms. The van der Waals surface area contributed by atoms with Crippen molar-refractivity contribution in [3.63, 3.8) is 0 Å². The van der Waals surface area contributed by atoms with Crippen LogP contribution in [0.15, 0.2) is 28.7 Å². The number of hydrogen-bond acceptors (Lipinski definition) is 5. The molecule has 2 unspecified atom stereocenters. The molecule has 21 heavy (non-hydrogen) atoms. The number of rotatable bonds is 10. The lowest BCUT2D eigenvalue weighted by atomic mass is 10.0. The van der Waals surface area contributed by atoms with Crippen LogP contribution in [-0.2, 0) is 4.74 Å². The van der Waals surface area contributed by atoms with Crippen LogP contribution in [0, 0.1) is 0 Å². The Morgan fingerprint density at radius 2 is 2.19 bits per heavy atom. The van der Waals surface area contributed by atoms with E-state index in [9.17, 15) is 10.2 Å². The predicted molar refractivity (Wildman–Crippen MR) is 85.6 cm³/mol. The minimum Gasteiger partial charge on any atom is -0.491 e. The zero-order valence-corrected chi connectivity index (χ0v) is 14.1. The largest absolute Gasteiger partial charge is 0.491 e. The summed E-state index contributed by atoms with van der Waals surface area (Å²) < 4.78 is 11.4. The molecular weight excluding hydrogens is 338 g/mol. The van der Waals surface area contributed by atoms with Crippen molar-refractivity contribution < 1.29 is 19.7 Å². The Morgan fingerprint density at radius 1 is 1.43 bits per heavy atom. The number of aliphatic hydroxyl groups is 2. The second kappa shape index (κ2) is 9.38. The molecule has 0 aliphatic rings. The first-order valence-corrected chi connectivity index (χ1v) is 7.71. The summed E-state index contributed by atoms with van der Waals surface area (Å²) in [6, 6.07) is 7.46. The average molecular weight is 362 g/mol. The molecule has 2 atom stereocenters. The first-order valence-electron chi connectivity index (χ1n) is 6.91. The van der Waals surface area contributed by atoms with Crippen LogP contribution >= 0.6 is 15.9 Å². The molecule has 0 fully saturated rings. The summed E-state index contributed by atoms with van der Waals surface area (Å²) in [7, 11) is 1.60. The maximum Gasteiger partial charge on any atom is 0.120 e. The Morgan fingerprint density at radius 3 is 2.86 bits per heavy atom. The summed E-state index contributed by atoms with van der Waals surface area (Å²) in [5.41, 5.74) is -0.846. The summed E-state index contributed by atoms with van der Waals surface area (Å²) in [6.07, 6.45) is -0.0941. The van der Waals surface area contributed by atoms with Crippen LogP contribution in [0.2, 0.25) is 0 Å². The van der Waals surface area contributed by atoms with Gasteiger partial charge in [-0.05, 0) is 25.1 Å². The normalized spacial score (nSPS) is 15.5. The van der Waals surface area contributed by atoms with Crippen molar-refractivity contribution in [2.75, 3.05) is 33.4 Å². The number of ether oxygens (including phenoxy) is 2. The summed E-state index contributed by atoms with van der Waals surface area (Å²) in [6.45, 7) is 3.19. The van der Waals surface area contributed by atoms with Crippen LogP contribution < -0.4 is 10.1 Å². The topological polar surface area (TPSA) is 71.0 Å². The Hall–Kier alpha value is -0.660. The minimum atomic E-state index is -0.846. The van der Waals surface area contributed by atoms with E-state index in [0.717, 1.165) is 4.47 Å². The highest BCUT2D eigenvalue weighted by Gasteiger charge is 2.19. The van der Waals surface area contributed by atoms with E-state index in [-0.39, 0.29) is 6.61 Å². The molecule has 1 aromatic carbocycles. The molecule has 3 N–H and O–H groups in total. The van der Waals surface area contributed by atoms with Gasteiger partial charge in [-0.2, -0.15) is 0 Å². The fourth-order valence-corrected chi connectivity index (χ4v) is 2.10. The molecule has 0 spiro atoms. The quantitative estimate of drug-likeness (QED) is 0.589. The molecule has 1 rings (SSSR count). The molecule has 5 nitrogen and oxygen atoms in total. The lowest BCUT2D eigenvalue weighted by molar-refractivity contribution is 0.0208. The Bertz CT molecular complexity index is 414. The van der Waals surface area contributed by atoms with Gasteiger partial charge in [0.1, 0.15) is 18.5 Å². The third-order valence-corrected chi connectivity index (χ3v) is 3.46. The van der Waals surface area contributed by atoms with Crippen LogP contribution in [0.4, 0.5) is 0 Å². The van der Waals surface area contributed by atoms with E-state index in [1.165, 1.54) is 0 Å². The molecule has 1 aromatic rings. The van der Waals surface area contributed by atoms with E-state index in [1.54, 1.807) is 14.0 Å². The van der Waals surface area contributed by atoms with Gasteiger partial charge in [0, 0.05) is 37.7 Å². The van der Waals surface area contributed by atoms with Gasteiger partial charge in [-0.25, -0.2) is 0 Å². The Labute approximate surface area is 134 Å². The molecule has 120 valence electrons. The number of hydrogen-bond donors (Lipinski definition) is 3. The number of halogens is 1. The standard InChI is InChI=1S/C15H24BrNO4/c1-15(19,6-7-20-2)11-17-9-13(18)10-21-14-5-3-4-12(16)8-14/h3-5,8,13,17-19H,6-7,9-11H2,1-2H3. The van der Waals surface area contributed by atoms with Gasteiger partial charge in [0.25, 0.3) is 0 Å². The first kappa shape index (κ1) is 18.4. The first-order chi connectivity index (χ1) is 9.93. The number of methoxy groups -OCH3 is 1. The van der Waals surface area contributed by atoms with Gasteiger partial charge in [-0.1, -0.05) is 22.0 Å². The highest BCUT2D eigenvalue weighted by Crippen LogP contribution is 2.17. The third-order valence-electron chi connectivity index (χ3n) is 2.97. The molecule has 0 saturated carbocycles. The van der Waals surface area contributed by atoms with Crippen molar-refractivity contribution in [1.82, 2.24) is 5.32 Å². The van der Waals surface area contributed by atoms with Crippen molar-refractivity contribution in [3.05, 3.63) is 28.7 Å². The average Bonchev–Trinajstić information content (AvgIpc) is 2.43. The van der Waals surface area contributed by atoms with Crippen LogP contribution in [0.5, 0.6) is 5.75 Å². The third kappa shape index (κ3) is 8.38. The maximum atomic E-state index is 10.0. The fourth-order valence-electron chi connectivity index (χ4n) is 1.73. The predicted octanol–water partition coefficient (Wildman–Crippen LogP) is 1.57. The van der Waals surface area contributed by atoms with E-state index < -0.39 is 11.7 Å². The summed E-state index contributed by atoms with van der Waals surface area (Å²) in [5, 5.41) is 22.9. The van der Waals surface area contributed by atoms with Gasteiger partial charge < -0.3 is 25.0 Å². The van der Waals surface area contributed by atoms with Crippen molar-refractivity contribution in [2.45, 2.75) is 25.0 Å². The van der Waals surface area contributed by atoms with E-state index in [1.807, 2.05) is 24.3 Å². The van der Waals surface area contributed by atoms with Gasteiger partial charge in [0.15, 0.2) is 0 Å².